The molecule has 0 bridgehead atoms. The van der Waals surface area contributed by atoms with Crippen LogP contribution in [0.25, 0.3) is 16.8 Å². The highest BCUT2D eigenvalue weighted by molar-refractivity contribution is 8.26. The average Bonchev–Trinajstić information content (AvgIpc) is 3.05. The molecule has 0 spiro atoms. The third-order valence-electron chi connectivity index (χ3n) is 4.92. The van der Waals surface area contributed by atoms with E-state index in [0.717, 1.165) is 21.9 Å². The van der Waals surface area contributed by atoms with E-state index in [-0.39, 0.29) is 12.5 Å². The summed E-state index contributed by atoms with van der Waals surface area (Å²) in [6.07, 6.45) is 1.86. The maximum Gasteiger partial charge on any atom is 0.266 e. The van der Waals surface area contributed by atoms with Crippen molar-refractivity contribution in [3.63, 3.8) is 0 Å². The van der Waals surface area contributed by atoms with Crippen LogP contribution in [0.3, 0.4) is 0 Å². The number of hydrogen-bond acceptors (Lipinski definition) is 5. The fourth-order valence-corrected chi connectivity index (χ4v) is 4.73. The number of carbonyl (C=O) groups excluding carboxylic acids is 1. The number of thiocarbonyl (C=S) groups is 1. The van der Waals surface area contributed by atoms with E-state index in [2.05, 4.69) is 6.07 Å². The number of fused-ring (bicyclic) bond motifs is 1. The molecule has 1 aliphatic rings. The van der Waals surface area contributed by atoms with E-state index < -0.39 is 0 Å². The third kappa shape index (κ3) is 3.82. The van der Waals surface area contributed by atoms with Crippen molar-refractivity contribution in [1.82, 2.24) is 4.90 Å². The Morgan fingerprint density at radius 2 is 1.90 bits per heavy atom. The number of hydrogen-bond donors (Lipinski definition) is 0. The molecule has 1 amide bonds. The lowest BCUT2D eigenvalue weighted by molar-refractivity contribution is -0.121. The smallest absolute Gasteiger partial charge is 0.266 e. The van der Waals surface area contributed by atoms with Crippen LogP contribution in [0.15, 0.2) is 65.6 Å². The van der Waals surface area contributed by atoms with Gasteiger partial charge in [-0.15, -0.1) is 0 Å². The van der Waals surface area contributed by atoms with E-state index in [9.17, 15) is 10.1 Å². The van der Waals surface area contributed by atoms with Crippen LogP contribution in [0.5, 0.6) is 5.75 Å². The van der Waals surface area contributed by atoms with Crippen LogP contribution < -0.4 is 4.74 Å². The molecule has 0 radical (unpaired) electrons. The summed E-state index contributed by atoms with van der Waals surface area (Å²) in [5.74, 6) is 0.574. The molecule has 3 aromatic carbocycles. The van der Waals surface area contributed by atoms with E-state index in [1.807, 2.05) is 67.6 Å². The quantitative estimate of drug-likeness (QED) is 0.394. The molecule has 0 unspecified atom stereocenters. The second-order valence-electron chi connectivity index (χ2n) is 6.68. The normalized spacial score (nSPS) is 15.1. The van der Waals surface area contributed by atoms with Crippen molar-refractivity contribution in [1.29, 1.82) is 5.26 Å². The molecule has 0 saturated carbocycles. The largest absolute Gasteiger partial charge is 0.488 e. The van der Waals surface area contributed by atoms with Crippen molar-refractivity contribution < 1.29 is 9.53 Å². The van der Waals surface area contributed by atoms with Crippen LogP contribution in [0.2, 0.25) is 0 Å². The minimum absolute atomic E-state index is 0.0822. The summed E-state index contributed by atoms with van der Waals surface area (Å²) in [6.45, 7) is 2.72. The van der Waals surface area contributed by atoms with Crippen LogP contribution in [0.1, 0.15) is 23.6 Å². The molecule has 1 aliphatic heterocycles. The number of benzene rings is 3. The lowest BCUT2D eigenvalue weighted by Crippen LogP contribution is -2.27. The van der Waals surface area contributed by atoms with Crippen molar-refractivity contribution in [3.05, 3.63) is 82.3 Å². The number of nitrogens with zero attached hydrogens (tertiary/aromatic N) is 2. The van der Waals surface area contributed by atoms with Gasteiger partial charge in [-0.1, -0.05) is 72.5 Å². The Hall–Kier alpha value is -3.14. The molecular formula is C24H18N2O2S2. The first-order valence-corrected chi connectivity index (χ1v) is 10.7. The predicted octanol–water partition coefficient (Wildman–Crippen LogP) is 5.51. The zero-order valence-corrected chi connectivity index (χ0v) is 17.9. The van der Waals surface area contributed by atoms with Gasteiger partial charge < -0.3 is 4.74 Å². The Kier molecular flexibility index (Phi) is 5.84. The summed E-state index contributed by atoms with van der Waals surface area (Å²) in [5.41, 5.74) is 2.24. The Balaban J connectivity index is 1.76. The molecule has 1 fully saturated rings. The van der Waals surface area contributed by atoms with E-state index in [1.165, 1.54) is 11.8 Å². The average molecular weight is 431 g/mol. The van der Waals surface area contributed by atoms with Crippen molar-refractivity contribution in [2.75, 3.05) is 6.54 Å². The number of rotatable bonds is 5. The molecule has 30 heavy (non-hydrogen) atoms. The zero-order chi connectivity index (χ0) is 21.1. The molecule has 1 heterocycles. The molecular weight excluding hydrogens is 412 g/mol. The Morgan fingerprint density at radius 1 is 1.13 bits per heavy atom. The fraction of sp³-hybridized carbons (Fsp3) is 0.125. The van der Waals surface area contributed by atoms with Gasteiger partial charge in [-0.2, -0.15) is 5.26 Å². The number of likely N-dealkylation sites (N-methyl/N-ethyl adjacent to an activating group) is 1. The summed E-state index contributed by atoms with van der Waals surface area (Å²) < 4.78 is 6.71. The summed E-state index contributed by atoms with van der Waals surface area (Å²) in [7, 11) is 0. The van der Waals surface area contributed by atoms with Gasteiger partial charge in [0, 0.05) is 17.7 Å². The minimum atomic E-state index is -0.0822. The molecule has 1 saturated heterocycles. The fourth-order valence-electron chi connectivity index (χ4n) is 3.36. The molecule has 148 valence electrons. The molecule has 6 heteroatoms. The van der Waals surface area contributed by atoms with Crippen LogP contribution in [-0.2, 0) is 11.4 Å². The maximum absolute atomic E-state index is 12.7. The lowest BCUT2D eigenvalue weighted by Gasteiger charge is -2.13. The van der Waals surface area contributed by atoms with Gasteiger partial charge in [0.15, 0.2) is 0 Å². The minimum Gasteiger partial charge on any atom is -0.488 e. The first-order chi connectivity index (χ1) is 14.6. The molecule has 4 nitrogen and oxygen atoms in total. The predicted molar refractivity (Wildman–Crippen MR) is 125 cm³/mol. The van der Waals surface area contributed by atoms with Gasteiger partial charge in [0.25, 0.3) is 5.91 Å². The summed E-state index contributed by atoms with van der Waals surface area (Å²) >= 11 is 6.66. The van der Waals surface area contributed by atoms with Crippen LogP contribution >= 0.6 is 24.0 Å². The van der Waals surface area contributed by atoms with Gasteiger partial charge >= 0.3 is 0 Å². The number of ether oxygens (including phenoxy) is 1. The van der Waals surface area contributed by atoms with Gasteiger partial charge in [-0.25, -0.2) is 0 Å². The molecule has 0 N–H and O–H groups in total. The Bertz CT molecular complexity index is 1230. The van der Waals surface area contributed by atoms with Gasteiger partial charge in [-0.3, -0.25) is 9.69 Å². The molecule has 3 aromatic rings. The van der Waals surface area contributed by atoms with Gasteiger partial charge in [0.1, 0.15) is 16.7 Å². The van der Waals surface area contributed by atoms with E-state index >= 15 is 0 Å². The van der Waals surface area contributed by atoms with Gasteiger partial charge in [-0.05, 0) is 35.9 Å². The molecule has 0 atom stereocenters. The van der Waals surface area contributed by atoms with Crippen LogP contribution in [0.4, 0.5) is 0 Å². The Labute approximate surface area is 184 Å². The summed E-state index contributed by atoms with van der Waals surface area (Å²) in [4.78, 5) is 14.9. The standard InChI is InChI=1S/C24H18N2O2S2/c1-2-26-23(27)22(30-24(26)29)13-20-19-10-6-5-7-16(19)11-12-21(20)28-15-18-9-4-3-8-17(18)14-25/h3-13H,2,15H2,1H3. The van der Waals surface area contributed by atoms with Crippen LogP contribution in [0, 0.1) is 11.3 Å². The highest BCUT2D eigenvalue weighted by Gasteiger charge is 2.31. The van der Waals surface area contributed by atoms with E-state index in [1.54, 1.807) is 11.0 Å². The van der Waals surface area contributed by atoms with E-state index in [0.29, 0.717) is 27.1 Å². The maximum atomic E-state index is 12.7. The van der Waals surface area contributed by atoms with Crippen molar-refractivity contribution in [3.8, 4) is 11.8 Å². The highest BCUT2D eigenvalue weighted by Crippen LogP contribution is 2.37. The summed E-state index contributed by atoms with van der Waals surface area (Å²) in [6, 6.07) is 21.5. The Morgan fingerprint density at radius 3 is 2.67 bits per heavy atom. The molecule has 4 rings (SSSR count). The third-order valence-corrected chi connectivity index (χ3v) is 6.29. The topological polar surface area (TPSA) is 53.3 Å². The second-order valence-corrected chi connectivity index (χ2v) is 8.36. The number of thioether (sulfide) groups is 1. The van der Waals surface area contributed by atoms with Gasteiger partial charge in [0.2, 0.25) is 0 Å². The lowest BCUT2D eigenvalue weighted by atomic mass is 10.0. The number of amides is 1. The number of carbonyl (C=O) groups is 1. The van der Waals surface area contributed by atoms with Crippen molar-refractivity contribution in [2.45, 2.75) is 13.5 Å². The van der Waals surface area contributed by atoms with Gasteiger partial charge in [0.05, 0.1) is 16.5 Å². The summed E-state index contributed by atoms with van der Waals surface area (Å²) in [5, 5.41) is 11.4. The van der Waals surface area contributed by atoms with Crippen molar-refractivity contribution in [2.24, 2.45) is 0 Å². The molecule has 0 aromatic heterocycles. The highest BCUT2D eigenvalue weighted by atomic mass is 32.2. The SMILES string of the molecule is CCN1C(=O)C(=Cc2c(OCc3ccccc3C#N)ccc3ccccc23)SC1=S. The molecule has 0 aliphatic carbocycles. The first-order valence-electron chi connectivity index (χ1n) is 9.50. The first kappa shape index (κ1) is 20.1. The van der Waals surface area contributed by atoms with Crippen molar-refractivity contribution >= 4 is 51.1 Å². The monoisotopic (exact) mass is 430 g/mol. The van der Waals surface area contributed by atoms with Crippen LogP contribution in [-0.4, -0.2) is 21.7 Å². The van der Waals surface area contributed by atoms with E-state index in [4.69, 9.17) is 17.0 Å². The second kappa shape index (κ2) is 8.70. The number of nitriles is 1. The zero-order valence-electron chi connectivity index (χ0n) is 16.3.